The highest BCUT2D eigenvalue weighted by Crippen LogP contribution is 2.37. The van der Waals surface area contributed by atoms with Crippen LogP contribution < -0.4 is 4.74 Å². The summed E-state index contributed by atoms with van der Waals surface area (Å²) in [4.78, 5) is 15.3. The number of benzene rings is 2. The standard InChI is InChI=1S/C20H22N2O5S/c1-2-9-25-10-11-26-12-13-27-18-14-15(22(23)24)7-8-16(18)20-21-17-5-3-4-6-19(17)28-20/h3-8,14H,2,9-13H2,1H3. The van der Waals surface area contributed by atoms with Gasteiger partial charge in [0.2, 0.25) is 0 Å². The third-order valence-electron chi connectivity index (χ3n) is 3.91. The average molecular weight is 402 g/mol. The predicted octanol–water partition coefficient (Wildman–Crippen LogP) is 4.69. The molecule has 148 valence electrons. The molecule has 8 heteroatoms. The monoisotopic (exact) mass is 402 g/mol. The van der Waals surface area contributed by atoms with Crippen molar-refractivity contribution in [1.82, 2.24) is 4.98 Å². The Morgan fingerprint density at radius 1 is 1.04 bits per heavy atom. The molecule has 0 N–H and O–H groups in total. The zero-order chi connectivity index (χ0) is 19.8. The Bertz CT molecular complexity index is 895. The number of nitrogens with zero attached hydrogens (tertiary/aromatic N) is 2. The summed E-state index contributed by atoms with van der Waals surface area (Å²) >= 11 is 1.52. The number of hydrogen-bond donors (Lipinski definition) is 0. The highest BCUT2D eigenvalue weighted by atomic mass is 32.1. The molecule has 7 nitrogen and oxygen atoms in total. The van der Waals surface area contributed by atoms with Gasteiger partial charge in [-0.1, -0.05) is 19.1 Å². The molecule has 28 heavy (non-hydrogen) atoms. The summed E-state index contributed by atoms with van der Waals surface area (Å²) in [6.07, 6.45) is 0.977. The molecular formula is C20H22N2O5S. The molecule has 0 aliphatic rings. The Kier molecular flexibility index (Phi) is 7.30. The zero-order valence-electron chi connectivity index (χ0n) is 15.6. The van der Waals surface area contributed by atoms with E-state index in [0.717, 1.165) is 33.8 Å². The van der Waals surface area contributed by atoms with E-state index in [1.807, 2.05) is 24.3 Å². The van der Waals surface area contributed by atoms with Gasteiger partial charge in [0.1, 0.15) is 17.4 Å². The SMILES string of the molecule is CCCOCCOCCOc1cc([N+](=O)[O-])ccc1-c1nc2ccccc2s1. The Labute approximate surface area is 167 Å². The highest BCUT2D eigenvalue weighted by molar-refractivity contribution is 7.21. The van der Waals surface area contributed by atoms with Crippen LogP contribution in [0.3, 0.4) is 0 Å². The van der Waals surface area contributed by atoms with Crippen LogP contribution in [0.2, 0.25) is 0 Å². The summed E-state index contributed by atoms with van der Waals surface area (Å²) in [7, 11) is 0. The summed E-state index contributed by atoms with van der Waals surface area (Å²) < 4.78 is 17.7. The number of rotatable bonds is 11. The van der Waals surface area contributed by atoms with Crippen molar-refractivity contribution in [3.8, 4) is 16.3 Å². The number of para-hydroxylation sites is 1. The molecule has 1 aromatic heterocycles. The van der Waals surface area contributed by atoms with E-state index in [2.05, 4.69) is 11.9 Å². The van der Waals surface area contributed by atoms with Crippen LogP contribution in [0.15, 0.2) is 42.5 Å². The van der Waals surface area contributed by atoms with Crippen molar-refractivity contribution in [1.29, 1.82) is 0 Å². The van der Waals surface area contributed by atoms with Gasteiger partial charge in [-0.3, -0.25) is 10.1 Å². The van der Waals surface area contributed by atoms with E-state index in [1.165, 1.54) is 23.5 Å². The molecule has 0 atom stereocenters. The topological polar surface area (TPSA) is 83.7 Å². The lowest BCUT2D eigenvalue weighted by atomic mass is 10.2. The summed E-state index contributed by atoms with van der Waals surface area (Å²) in [5, 5.41) is 11.9. The fraction of sp³-hybridized carbons (Fsp3) is 0.350. The molecular weight excluding hydrogens is 380 g/mol. The van der Waals surface area contributed by atoms with Gasteiger partial charge in [-0.05, 0) is 24.6 Å². The van der Waals surface area contributed by atoms with Crippen LogP contribution in [0.5, 0.6) is 5.75 Å². The third-order valence-corrected chi connectivity index (χ3v) is 4.98. The van der Waals surface area contributed by atoms with Gasteiger partial charge in [0, 0.05) is 12.7 Å². The van der Waals surface area contributed by atoms with E-state index in [0.29, 0.717) is 25.6 Å². The second-order valence-electron chi connectivity index (χ2n) is 6.00. The maximum atomic E-state index is 11.1. The molecule has 3 aromatic rings. The number of hydrogen-bond acceptors (Lipinski definition) is 7. The minimum Gasteiger partial charge on any atom is -0.490 e. The number of fused-ring (bicyclic) bond motifs is 1. The average Bonchev–Trinajstić information content (AvgIpc) is 3.13. The van der Waals surface area contributed by atoms with Gasteiger partial charge < -0.3 is 14.2 Å². The van der Waals surface area contributed by atoms with Gasteiger partial charge in [-0.15, -0.1) is 11.3 Å². The first kappa shape index (κ1) is 20.2. The van der Waals surface area contributed by atoms with Crippen molar-refractivity contribution >= 4 is 27.2 Å². The molecule has 0 unspecified atom stereocenters. The normalized spacial score (nSPS) is 11.0. The largest absolute Gasteiger partial charge is 0.490 e. The molecule has 0 aliphatic heterocycles. The fourth-order valence-corrected chi connectivity index (χ4v) is 3.58. The van der Waals surface area contributed by atoms with Crippen LogP contribution in [-0.2, 0) is 9.47 Å². The van der Waals surface area contributed by atoms with Crippen molar-refractivity contribution < 1.29 is 19.1 Å². The summed E-state index contributed by atoms with van der Waals surface area (Å²) in [5.74, 6) is 0.430. The van der Waals surface area contributed by atoms with Crippen LogP contribution >= 0.6 is 11.3 Å². The van der Waals surface area contributed by atoms with E-state index in [9.17, 15) is 10.1 Å². The van der Waals surface area contributed by atoms with E-state index in [-0.39, 0.29) is 12.3 Å². The molecule has 0 amide bonds. The Morgan fingerprint density at radius 2 is 1.79 bits per heavy atom. The van der Waals surface area contributed by atoms with E-state index < -0.39 is 4.92 Å². The third kappa shape index (κ3) is 5.25. The smallest absolute Gasteiger partial charge is 0.273 e. The van der Waals surface area contributed by atoms with Gasteiger partial charge in [0.05, 0.1) is 46.6 Å². The van der Waals surface area contributed by atoms with Crippen LogP contribution in [0.25, 0.3) is 20.8 Å². The van der Waals surface area contributed by atoms with Gasteiger partial charge in [-0.2, -0.15) is 0 Å². The van der Waals surface area contributed by atoms with Crippen LogP contribution in [0.4, 0.5) is 5.69 Å². The maximum Gasteiger partial charge on any atom is 0.273 e. The first-order valence-electron chi connectivity index (χ1n) is 9.11. The number of non-ortho nitro benzene ring substituents is 1. The van der Waals surface area contributed by atoms with Crippen LogP contribution in [0, 0.1) is 10.1 Å². The Balaban J connectivity index is 1.69. The van der Waals surface area contributed by atoms with Crippen molar-refractivity contribution in [2.45, 2.75) is 13.3 Å². The first-order valence-corrected chi connectivity index (χ1v) is 9.93. The lowest BCUT2D eigenvalue weighted by molar-refractivity contribution is -0.384. The predicted molar refractivity (Wildman–Crippen MR) is 109 cm³/mol. The zero-order valence-corrected chi connectivity index (χ0v) is 16.4. The number of nitro groups is 1. The highest BCUT2D eigenvalue weighted by Gasteiger charge is 2.16. The minimum atomic E-state index is -0.434. The number of thiazole rings is 1. The van der Waals surface area contributed by atoms with E-state index in [4.69, 9.17) is 14.2 Å². The summed E-state index contributed by atoms with van der Waals surface area (Å²) in [6, 6.07) is 12.4. The second kappa shape index (κ2) is 10.1. The quantitative estimate of drug-likeness (QED) is 0.263. The molecule has 0 radical (unpaired) electrons. The Hall–Kier alpha value is -2.55. The molecule has 0 fully saturated rings. The molecule has 0 aliphatic carbocycles. The van der Waals surface area contributed by atoms with E-state index >= 15 is 0 Å². The van der Waals surface area contributed by atoms with Crippen molar-refractivity contribution in [3.05, 3.63) is 52.6 Å². The van der Waals surface area contributed by atoms with Gasteiger partial charge in [-0.25, -0.2) is 4.98 Å². The van der Waals surface area contributed by atoms with Crippen molar-refractivity contribution in [2.75, 3.05) is 33.0 Å². The molecule has 0 saturated carbocycles. The second-order valence-corrected chi connectivity index (χ2v) is 7.03. The summed E-state index contributed by atoms with van der Waals surface area (Å²) in [6.45, 7) is 4.46. The number of nitro benzene ring substituents is 1. The fourth-order valence-electron chi connectivity index (χ4n) is 2.58. The summed E-state index contributed by atoms with van der Waals surface area (Å²) in [5.41, 5.74) is 1.61. The molecule has 3 rings (SSSR count). The molecule has 0 saturated heterocycles. The Morgan fingerprint density at radius 3 is 2.54 bits per heavy atom. The van der Waals surface area contributed by atoms with Gasteiger partial charge >= 0.3 is 0 Å². The molecule has 1 heterocycles. The molecule has 0 spiro atoms. The van der Waals surface area contributed by atoms with Crippen molar-refractivity contribution in [3.63, 3.8) is 0 Å². The number of aromatic nitrogens is 1. The minimum absolute atomic E-state index is 0.0197. The van der Waals surface area contributed by atoms with Crippen LogP contribution in [0.1, 0.15) is 13.3 Å². The molecule has 2 aromatic carbocycles. The van der Waals surface area contributed by atoms with Gasteiger partial charge in [0.15, 0.2) is 0 Å². The lowest BCUT2D eigenvalue weighted by Crippen LogP contribution is -2.11. The van der Waals surface area contributed by atoms with Gasteiger partial charge in [0.25, 0.3) is 5.69 Å². The van der Waals surface area contributed by atoms with E-state index in [1.54, 1.807) is 6.07 Å². The lowest BCUT2D eigenvalue weighted by Gasteiger charge is -2.10. The maximum absolute atomic E-state index is 11.1. The molecule has 0 bridgehead atoms. The van der Waals surface area contributed by atoms with Crippen LogP contribution in [-0.4, -0.2) is 42.9 Å². The first-order chi connectivity index (χ1) is 13.7. The number of ether oxygens (including phenoxy) is 3. The van der Waals surface area contributed by atoms with Crippen molar-refractivity contribution in [2.24, 2.45) is 0 Å².